The molecule has 0 aliphatic heterocycles. The minimum atomic E-state index is 0.510. The number of aryl methyl sites for hydroxylation is 1. The van der Waals surface area contributed by atoms with Crippen LogP contribution < -0.4 is 15.4 Å². The van der Waals surface area contributed by atoms with E-state index in [0.29, 0.717) is 17.5 Å². The topological polar surface area (TPSA) is 59.1 Å². The molecule has 0 amide bonds. The number of halogens is 1. The molecule has 0 saturated carbocycles. The second kappa shape index (κ2) is 7.85. The first-order valence-corrected chi connectivity index (χ1v) is 8.25. The lowest BCUT2D eigenvalue weighted by molar-refractivity contribution is 0.410. The predicted octanol–water partition coefficient (Wildman–Crippen LogP) is 4.80. The monoisotopic (exact) mass is 354 g/mol. The molecule has 0 radical (unpaired) electrons. The minimum absolute atomic E-state index is 0.510. The van der Waals surface area contributed by atoms with E-state index in [-0.39, 0.29) is 0 Å². The lowest BCUT2D eigenvalue weighted by atomic mass is 10.2. The first-order chi connectivity index (χ1) is 12.2. The maximum absolute atomic E-state index is 6.06. The number of benzene rings is 2. The fourth-order valence-electron chi connectivity index (χ4n) is 2.40. The van der Waals surface area contributed by atoms with Crippen LogP contribution in [0, 0.1) is 6.92 Å². The van der Waals surface area contributed by atoms with Gasteiger partial charge in [-0.3, -0.25) is 0 Å². The zero-order valence-corrected chi connectivity index (χ0v) is 14.8. The highest BCUT2D eigenvalue weighted by Crippen LogP contribution is 2.23. The molecule has 2 N–H and O–H groups in total. The highest BCUT2D eigenvalue weighted by molar-refractivity contribution is 6.30. The van der Waals surface area contributed by atoms with Crippen molar-refractivity contribution in [3.63, 3.8) is 0 Å². The lowest BCUT2D eigenvalue weighted by Gasteiger charge is -2.12. The molecule has 0 atom stereocenters. The number of anilines is 3. The van der Waals surface area contributed by atoms with Crippen LogP contribution in [0.15, 0.2) is 54.7 Å². The fraction of sp³-hybridized carbons (Fsp3) is 0.158. The molecule has 3 rings (SSSR count). The lowest BCUT2D eigenvalue weighted by Crippen LogP contribution is -2.05. The van der Waals surface area contributed by atoms with Crippen molar-refractivity contribution in [1.29, 1.82) is 0 Å². The van der Waals surface area contributed by atoms with Crippen LogP contribution in [-0.2, 0) is 6.54 Å². The molecular weight excluding hydrogens is 336 g/mol. The number of nitrogens with one attached hydrogen (secondary N) is 2. The summed E-state index contributed by atoms with van der Waals surface area (Å²) in [4.78, 5) is 8.76. The number of rotatable bonds is 6. The van der Waals surface area contributed by atoms with Crippen LogP contribution in [0.2, 0.25) is 5.02 Å². The summed E-state index contributed by atoms with van der Waals surface area (Å²) >= 11 is 6.06. The van der Waals surface area contributed by atoms with Gasteiger partial charge in [0.15, 0.2) is 0 Å². The number of ether oxygens (including phenoxy) is 1. The molecule has 0 bridgehead atoms. The SMILES string of the molecule is COc1ccccc1CNc1ccnc(Nc2cc(Cl)ccc2C)n1. The van der Waals surface area contributed by atoms with Gasteiger partial charge in [-0.2, -0.15) is 4.98 Å². The van der Waals surface area contributed by atoms with Crippen LogP contribution in [0.25, 0.3) is 0 Å². The number of hydrogen-bond acceptors (Lipinski definition) is 5. The molecule has 2 aromatic carbocycles. The molecular formula is C19H19ClN4O. The molecule has 0 fully saturated rings. The number of aromatic nitrogens is 2. The molecule has 6 heteroatoms. The molecule has 0 aliphatic rings. The summed E-state index contributed by atoms with van der Waals surface area (Å²) in [6.07, 6.45) is 1.71. The van der Waals surface area contributed by atoms with Crippen molar-refractivity contribution in [2.24, 2.45) is 0 Å². The maximum atomic E-state index is 6.06. The average Bonchev–Trinajstić information content (AvgIpc) is 2.63. The Morgan fingerprint density at radius 3 is 2.80 bits per heavy atom. The van der Waals surface area contributed by atoms with Crippen LogP contribution in [0.3, 0.4) is 0 Å². The standard InChI is InChI=1S/C19H19ClN4O/c1-13-7-8-15(20)11-16(13)23-19-21-10-9-18(24-19)22-12-14-5-3-4-6-17(14)25-2/h3-11H,12H2,1-2H3,(H2,21,22,23,24). The van der Waals surface area contributed by atoms with Crippen LogP contribution >= 0.6 is 11.6 Å². The molecule has 0 saturated heterocycles. The van der Waals surface area contributed by atoms with E-state index in [4.69, 9.17) is 16.3 Å². The Morgan fingerprint density at radius 2 is 1.96 bits per heavy atom. The first kappa shape index (κ1) is 17.0. The molecule has 0 aliphatic carbocycles. The zero-order valence-electron chi connectivity index (χ0n) is 14.1. The van der Waals surface area contributed by atoms with Gasteiger partial charge < -0.3 is 15.4 Å². The summed E-state index contributed by atoms with van der Waals surface area (Å²) < 4.78 is 5.36. The van der Waals surface area contributed by atoms with Crippen molar-refractivity contribution < 1.29 is 4.74 Å². The van der Waals surface area contributed by atoms with E-state index in [2.05, 4.69) is 20.6 Å². The summed E-state index contributed by atoms with van der Waals surface area (Å²) in [5.74, 6) is 2.08. The third-order valence-electron chi connectivity index (χ3n) is 3.75. The largest absolute Gasteiger partial charge is 0.496 e. The van der Waals surface area contributed by atoms with Gasteiger partial charge >= 0.3 is 0 Å². The van der Waals surface area contributed by atoms with Crippen molar-refractivity contribution in [3.8, 4) is 5.75 Å². The summed E-state index contributed by atoms with van der Waals surface area (Å²) in [5.41, 5.74) is 3.01. The van der Waals surface area contributed by atoms with Crippen molar-refractivity contribution >= 4 is 29.1 Å². The van der Waals surface area contributed by atoms with E-state index in [1.54, 1.807) is 13.3 Å². The Hall–Kier alpha value is -2.79. The van der Waals surface area contributed by atoms with Gasteiger partial charge in [-0.05, 0) is 36.8 Å². The Balaban J connectivity index is 1.72. The summed E-state index contributed by atoms with van der Waals surface area (Å²) in [7, 11) is 1.67. The molecule has 1 aromatic heterocycles. The molecule has 5 nitrogen and oxygen atoms in total. The third-order valence-corrected chi connectivity index (χ3v) is 3.99. The van der Waals surface area contributed by atoms with Crippen LogP contribution in [0.4, 0.5) is 17.5 Å². The number of methoxy groups -OCH3 is 1. The van der Waals surface area contributed by atoms with E-state index < -0.39 is 0 Å². The van der Waals surface area contributed by atoms with Gasteiger partial charge in [0.2, 0.25) is 5.95 Å². The van der Waals surface area contributed by atoms with Crippen molar-refractivity contribution in [2.75, 3.05) is 17.7 Å². The molecule has 128 valence electrons. The Bertz CT molecular complexity index is 870. The number of nitrogens with zero attached hydrogens (tertiary/aromatic N) is 2. The first-order valence-electron chi connectivity index (χ1n) is 7.87. The molecule has 25 heavy (non-hydrogen) atoms. The van der Waals surface area contributed by atoms with Gasteiger partial charge in [-0.15, -0.1) is 0 Å². The van der Waals surface area contributed by atoms with Gasteiger partial charge in [-0.25, -0.2) is 4.98 Å². The van der Waals surface area contributed by atoms with E-state index >= 15 is 0 Å². The smallest absolute Gasteiger partial charge is 0.229 e. The Morgan fingerprint density at radius 1 is 1.12 bits per heavy atom. The maximum Gasteiger partial charge on any atom is 0.229 e. The van der Waals surface area contributed by atoms with Crippen LogP contribution in [0.5, 0.6) is 5.75 Å². The van der Waals surface area contributed by atoms with E-state index in [1.165, 1.54) is 0 Å². The van der Waals surface area contributed by atoms with Gasteiger partial charge in [0.1, 0.15) is 11.6 Å². The normalized spacial score (nSPS) is 10.4. The van der Waals surface area contributed by atoms with E-state index in [0.717, 1.165) is 28.4 Å². The minimum Gasteiger partial charge on any atom is -0.496 e. The number of para-hydroxylation sites is 1. The second-order valence-electron chi connectivity index (χ2n) is 5.52. The summed E-state index contributed by atoms with van der Waals surface area (Å²) in [6.45, 7) is 2.61. The van der Waals surface area contributed by atoms with Gasteiger partial charge in [0.25, 0.3) is 0 Å². The fourth-order valence-corrected chi connectivity index (χ4v) is 2.57. The van der Waals surface area contributed by atoms with E-state index in [1.807, 2.05) is 55.5 Å². The van der Waals surface area contributed by atoms with E-state index in [9.17, 15) is 0 Å². The molecule has 3 aromatic rings. The summed E-state index contributed by atoms with van der Waals surface area (Å²) in [5, 5.41) is 7.16. The summed E-state index contributed by atoms with van der Waals surface area (Å²) in [6, 6.07) is 15.4. The third kappa shape index (κ3) is 4.39. The van der Waals surface area contributed by atoms with Gasteiger partial charge in [0.05, 0.1) is 7.11 Å². The Kier molecular flexibility index (Phi) is 5.36. The van der Waals surface area contributed by atoms with Crippen LogP contribution in [0.1, 0.15) is 11.1 Å². The molecule has 0 spiro atoms. The average molecular weight is 355 g/mol. The Labute approximate surface area is 152 Å². The molecule has 1 heterocycles. The quantitative estimate of drug-likeness (QED) is 0.665. The van der Waals surface area contributed by atoms with Crippen molar-refractivity contribution in [3.05, 3.63) is 70.9 Å². The zero-order chi connectivity index (χ0) is 17.6. The predicted molar refractivity (Wildman–Crippen MR) is 102 cm³/mol. The molecule has 0 unspecified atom stereocenters. The highest BCUT2D eigenvalue weighted by Gasteiger charge is 2.05. The van der Waals surface area contributed by atoms with Crippen molar-refractivity contribution in [1.82, 2.24) is 9.97 Å². The van der Waals surface area contributed by atoms with Gasteiger partial charge in [-0.1, -0.05) is 35.9 Å². The highest BCUT2D eigenvalue weighted by atomic mass is 35.5. The van der Waals surface area contributed by atoms with Crippen molar-refractivity contribution in [2.45, 2.75) is 13.5 Å². The van der Waals surface area contributed by atoms with Gasteiger partial charge in [0, 0.05) is 29.0 Å². The number of hydrogen-bond donors (Lipinski definition) is 2. The second-order valence-corrected chi connectivity index (χ2v) is 5.95. The van der Waals surface area contributed by atoms with Crippen LogP contribution in [-0.4, -0.2) is 17.1 Å².